The van der Waals surface area contributed by atoms with Crippen molar-refractivity contribution in [2.45, 2.75) is 13.8 Å². The maximum atomic E-state index is 9.00. The Hall–Kier alpha value is -1.71. The van der Waals surface area contributed by atoms with Gasteiger partial charge in [0.05, 0.1) is 5.69 Å². The number of fused-ring (bicyclic) bond motifs is 1. The van der Waals surface area contributed by atoms with Crippen LogP contribution < -0.4 is 10.1 Å². The number of benzene rings is 1. The molecule has 4 nitrogen and oxygen atoms in total. The van der Waals surface area contributed by atoms with E-state index in [0.717, 1.165) is 31.5 Å². The van der Waals surface area contributed by atoms with Gasteiger partial charge in [-0.05, 0) is 24.6 Å². The number of hydrogen-bond donors (Lipinski definition) is 2. The van der Waals surface area contributed by atoms with E-state index in [1.165, 1.54) is 5.56 Å². The third kappa shape index (κ3) is 3.89. The lowest BCUT2D eigenvalue weighted by atomic mass is 10.2. The van der Waals surface area contributed by atoms with Crippen molar-refractivity contribution in [2.24, 2.45) is 0 Å². The van der Waals surface area contributed by atoms with Crippen LogP contribution in [0.1, 0.15) is 12.5 Å². The molecule has 1 aromatic rings. The van der Waals surface area contributed by atoms with Gasteiger partial charge < -0.3 is 15.2 Å². The first kappa shape index (κ1) is 11.4. The first-order valence-corrected chi connectivity index (χ1v) is 4.76. The summed E-state index contributed by atoms with van der Waals surface area (Å²) in [5.74, 6) is 0.141. The van der Waals surface area contributed by atoms with E-state index in [0.29, 0.717) is 0 Å². The molecular formula is C11H15NO3. The van der Waals surface area contributed by atoms with Crippen molar-refractivity contribution in [1.82, 2.24) is 0 Å². The van der Waals surface area contributed by atoms with Gasteiger partial charge in [0.25, 0.3) is 5.97 Å². The third-order valence-corrected chi connectivity index (χ3v) is 1.81. The Morgan fingerprint density at radius 2 is 2.20 bits per heavy atom. The first-order valence-electron chi connectivity index (χ1n) is 4.76. The predicted molar refractivity (Wildman–Crippen MR) is 58.5 cm³/mol. The van der Waals surface area contributed by atoms with E-state index in [4.69, 9.17) is 14.6 Å². The van der Waals surface area contributed by atoms with Crippen LogP contribution in [0.25, 0.3) is 0 Å². The maximum Gasteiger partial charge on any atom is 0.300 e. The van der Waals surface area contributed by atoms with E-state index >= 15 is 0 Å². The number of anilines is 1. The number of aliphatic carboxylic acids is 1. The topological polar surface area (TPSA) is 58.6 Å². The zero-order chi connectivity index (χ0) is 11.3. The number of carbonyl (C=O) groups is 1. The SMILES string of the molecule is CC(=O)O.Cc1ccc2c(c1)NCCO2. The molecule has 1 aliphatic heterocycles. The van der Waals surface area contributed by atoms with Gasteiger partial charge in [-0.15, -0.1) is 0 Å². The highest BCUT2D eigenvalue weighted by Gasteiger charge is 2.07. The summed E-state index contributed by atoms with van der Waals surface area (Å²) >= 11 is 0. The highest BCUT2D eigenvalue weighted by molar-refractivity contribution is 5.63. The first-order chi connectivity index (χ1) is 7.09. The second-order valence-electron chi connectivity index (χ2n) is 3.29. The highest BCUT2D eigenvalue weighted by atomic mass is 16.5. The summed E-state index contributed by atoms with van der Waals surface area (Å²) in [6.07, 6.45) is 0. The van der Waals surface area contributed by atoms with E-state index in [9.17, 15) is 0 Å². The molecule has 1 aromatic carbocycles. The molecule has 0 amide bonds. The van der Waals surface area contributed by atoms with Crippen LogP contribution in [-0.2, 0) is 4.79 Å². The molecule has 4 heteroatoms. The van der Waals surface area contributed by atoms with Crippen molar-refractivity contribution in [3.05, 3.63) is 23.8 Å². The minimum atomic E-state index is -0.833. The summed E-state index contributed by atoms with van der Waals surface area (Å²) in [6.45, 7) is 4.85. The molecule has 2 N–H and O–H groups in total. The van der Waals surface area contributed by atoms with Crippen LogP contribution >= 0.6 is 0 Å². The van der Waals surface area contributed by atoms with Gasteiger partial charge in [0.1, 0.15) is 12.4 Å². The van der Waals surface area contributed by atoms with Crippen LogP contribution in [0.4, 0.5) is 5.69 Å². The Kier molecular flexibility index (Phi) is 3.97. The highest BCUT2D eigenvalue weighted by Crippen LogP contribution is 2.27. The van der Waals surface area contributed by atoms with Crippen LogP contribution in [0.15, 0.2) is 18.2 Å². The van der Waals surface area contributed by atoms with E-state index in [1.807, 2.05) is 6.07 Å². The fourth-order valence-corrected chi connectivity index (χ4v) is 1.25. The van der Waals surface area contributed by atoms with E-state index in [-0.39, 0.29) is 0 Å². The molecular weight excluding hydrogens is 194 g/mol. The fraction of sp³-hybridized carbons (Fsp3) is 0.364. The van der Waals surface area contributed by atoms with Crippen molar-refractivity contribution < 1.29 is 14.6 Å². The molecule has 0 aromatic heterocycles. The number of carboxylic acid groups (broad SMARTS) is 1. The minimum Gasteiger partial charge on any atom is -0.490 e. The van der Waals surface area contributed by atoms with E-state index in [1.54, 1.807) is 0 Å². The smallest absolute Gasteiger partial charge is 0.300 e. The normalized spacial score (nSPS) is 12.4. The van der Waals surface area contributed by atoms with Crippen molar-refractivity contribution >= 4 is 11.7 Å². The molecule has 15 heavy (non-hydrogen) atoms. The minimum absolute atomic E-state index is 0.774. The summed E-state index contributed by atoms with van der Waals surface area (Å²) in [7, 11) is 0. The molecule has 2 rings (SSSR count). The van der Waals surface area contributed by atoms with Gasteiger partial charge in [-0.2, -0.15) is 0 Å². The van der Waals surface area contributed by atoms with Gasteiger partial charge in [-0.3, -0.25) is 4.79 Å². The monoisotopic (exact) mass is 209 g/mol. The lowest BCUT2D eigenvalue weighted by Crippen LogP contribution is -2.17. The van der Waals surface area contributed by atoms with E-state index in [2.05, 4.69) is 24.4 Å². The molecule has 0 radical (unpaired) electrons. The standard InChI is InChI=1S/C9H11NO.C2H4O2/c1-7-2-3-9-8(6-7)10-4-5-11-9;1-2(3)4/h2-3,6,10H,4-5H2,1H3;1H3,(H,3,4). The quantitative estimate of drug-likeness (QED) is 0.685. The Morgan fingerprint density at radius 3 is 2.87 bits per heavy atom. The number of rotatable bonds is 0. The molecule has 82 valence electrons. The van der Waals surface area contributed by atoms with Gasteiger partial charge in [0.15, 0.2) is 0 Å². The summed E-state index contributed by atoms with van der Waals surface area (Å²) in [5.41, 5.74) is 2.39. The molecule has 1 heterocycles. The van der Waals surface area contributed by atoms with Gasteiger partial charge in [-0.25, -0.2) is 0 Å². The zero-order valence-electron chi connectivity index (χ0n) is 8.91. The summed E-state index contributed by atoms with van der Waals surface area (Å²) in [6, 6.07) is 6.18. The predicted octanol–water partition coefficient (Wildman–Crippen LogP) is 1.89. The summed E-state index contributed by atoms with van der Waals surface area (Å²) in [5, 5.41) is 10.7. The van der Waals surface area contributed by atoms with Gasteiger partial charge in [0, 0.05) is 13.5 Å². The number of aryl methyl sites for hydroxylation is 1. The van der Waals surface area contributed by atoms with Crippen molar-refractivity contribution in [3.63, 3.8) is 0 Å². The number of ether oxygens (including phenoxy) is 1. The number of hydrogen-bond acceptors (Lipinski definition) is 3. The lowest BCUT2D eigenvalue weighted by Gasteiger charge is -2.18. The molecule has 0 fully saturated rings. The zero-order valence-corrected chi connectivity index (χ0v) is 8.91. The molecule has 0 unspecified atom stereocenters. The largest absolute Gasteiger partial charge is 0.490 e. The molecule has 0 aliphatic carbocycles. The Morgan fingerprint density at radius 1 is 1.53 bits per heavy atom. The maximum absolute atomic E-state index is 9.00. The molecule has 1 aliphatic rings. The third-order valence-electron chi connectivity index (χ3n) is 1.81. The lowest BCUT2D eigenvalue weighted by molar-refractivity contribution is -0.134. The van der Waals surface area contributed by atoms with Crippen molar-refractivity contribution in [1.29, 1.82) is 0 Å². The second-order valence-corrected chi connectivity index (χ2v) is 3.29. The molecule has 0 saturated carbocycles. The average Bonchev–Trinajstić information content (AvgIpc) is 2.16. The number of carboxylic acids is 1. The molecule has 0 spiro atoms. The molecule has 0 saturated heterocycles. The van der Waals surface area contributed by atoms with Gasteiger partial charge >= 0.3 is 0 Å². The van der Waals surface area contributed by atoms with E-state index < -0.39 is 5.97 Å². The van der Waals surface area contributed by atoms with Crippen molar-refractivity contribution in [3.8, 4) is 5.75 Å². The van der Waals surface area contributed by atoms with Crippen LogP contribution in [0.5, 0.6) is 5.75 Å². The fourth-order valence-electron chi connectivity index (χ4n) is 1.25. The molecule has 0 bridgehead atoms. The van der Waals surface area contributed by atoms with Crippen LogP contribution in [-0.4, -0.2) is 24.2 Å². The van der Waals surface area contributed by atoms with Crippen LogP contribution in [0, 0.1) is 6.92 Å². The Labute approximate surface area is 88.9 Å². The summed E-state index contributed by atoms with van der Waals surface area (Å²) < 4.78 is 5.42. The molecule has 0 atom stereocenters. The number of nitrogens with one attached hydrogen (secondary N) is 1. The van der Waals surface area contributed by atoms with Gasteiger partial charge in [-0.1, -0.05) is 6.07 Å². The van der Waals surface area contributed by atoms with Crippen LogP contribution in [0.3, 0.4) is 0 Å². The Balaban J connectivity index is 0.000000245. The van der Waals surface area contributed by atoms with Gasteiger partial charge in [0.2, 0.25) is 0 Å². The second kappa shape index (κ2) is 5.24. The average molecular weight is 209 g/mol. The Bertz CT molecular complexity index is 346. The van der Waals surface area contributed by atoms with Crippen LogP contribution in [0.2, 0.25) is 0 Å². The van der Waals surface area contributed by atoms with Crippen molar-refractivity contribution in [2.75, 3.05) is 18.5 Å². The summed E-state index contributed by atoms with van der Waals surface area (Å²) in [4.78, 5) is 9.00.